The first-order valence-corrected chi connectivity index (χ1v) is 11.5. The fourth-order valence-corrected chi connectivity index (χ4v) is 4.07. The molecular formula is C25H28N6O4. The van der Waals surface area contributed by atoms with Crippen LogP contribution in [-0.4, -0.2) is 75.9 Å². The monoisotopic (exact) mass is 476 g/mol. The van der Waals surface area contributed by atoms with E-state index in [2.05, 4.69) is 15.0 Å². The van der Waals surface area contributed by atoms with Gasteiger partial charge in [-0.2, -0.15) is 0 Å². The zero-order valence-electron chi connectivity index (χ0n) is 19.6. The zero-order valence-corrected chi connectivity index (χ0v) is 19.6. The molecule has 4 rings (SSSR count). The van der Waals surface area contributed by atoms with Crippen molar-refractivity contribution >= 4 is 17.8 Å². The topological polar surface area (TPSA) is 117 Å². The van der Waals surface area contributed by atoms with Gasteiger partial charge in [-0.15, -0.1) is 0 Å². The molecular weight excluding hydrogens is 448 g/mol. The third-order valence-corrected chi connectivity index (χ3v) is 6.12. The molecule has 0 radical (unpaired) electrons. The number of hydrogen-bond acceptors (Lipinski definition) is 6. The number of nitrogens with zero attached hydrogens (tertiary/aromatic N) is 5. The Morgan fingerprint density at radius 3 is 2.43 bits per heavy atom. The minimum atomic E-state index is -0.479. The molecule has 1 aliphatic rings. The number of aryl methyl sites for hydroxylation is 1. The summed E-state index contributed by atoms with van der Waals surface area (Å²) in [5.41, 5.74) is 2.38. The Morgan fingerprint density at radius 2 is 1.77 bits per heavy atom. The van der Waals surface area contributed by atoms with Crippen LogP contribution in [0, 0.1) is 17.0 Å². The summed E-state index contributed by atoms with van der Waals surface area (Å²) in [7, 11) is 0. The van der Waals surface area contributed by atoms with Crippen LogP contribution in [-0.2, 0) is 11.2 Å². The van der Waals surface area contributed by atoms with Crippen molar-refractivity contribution in [3.63, 3.8) is 0 Å². The molecule has 1 fully saturated rings. The number of rotatable bonds is 8. The summed E-state index contributed by atoms with van der Waals surface area (Å²) in [6.07, 6.45) is 2.01. The van der Waals surface area contributed by atoms with Crippen molar-refractivity contribution < 1.29 is 9.72 Å². The maximum atomic E-state index is 12.8. The molecule has 0 aliphatic carbocycles. The molecule has 35 heavy (non-hydrogen) atoms. The van der Waals surface area contributed by atoms with Crippen LogP contribution >= 0.6 is 0 Å². The molecule has 1 aliphatic heterocycles. The summed E-state index contributed by atoms with van der Waals surface area (Å²) in [4.78, 5) is 44.3. The highest BCUT2D eigenvalue weighted by molar-refractivity contribution is 5.80. The maximum absolute atomic E-state index is 12.8. The summed E-state index contributed by atoms with van der Waals surface area (Å²) in [5.74, 6) is 0.154. The highest BCUT2D eigenvalue weighted by atomic mass is 16.6. The third-order valence-electron chi connectivity index (χ3n) is 6.12. The van der Waals surface area contributed by atoms with Gasteiger partial charge in [0.25, 0.3) is 11.2 Å². The molecule has 1 saturated heterocycles. The number of nitro benzene ring substituents is 1. The van der Waals surface area contributed by atoms with E-state index < -0.39 is 4.92 Å². The lowest BCUT2D eigenvalue weighted by atomic mass is 10.1. The summed E-state index contributed by atoms with van der Waals surface area (Å²) in [6, 6.07) is 15.6. The average molecular weight is 477 g/mol. The van der Waals surface area contributed by atoms with Gasteiger partial charge in [0.05, 0.1) is 29.1 Å². The lowest BCUT2D eigenvalue weighted by Gasteiger charge is -2.34. The van der Waals surface area contributed by atoms with Gasteiger partial charge in [-0.25, -0.2) is 4.68 Å². The van der Waals surface area contributed by atoms with E-state index in [1.165, 1.54) is 28.9 Å². The van der Waals surface area contributed by atoms with Crippen molar-refractivity contribution in [3.05, 3.63) is 91.9 Å². The van der Waals surface area contributed by atoms with Crippen molar-refractivity contribution in [1.82, 2.24) is 19.6 Å². The van der Waals surface area contributed by atoms with E-state index in [1.807, 2.05) is 35.2 Å². The van der Waals surface area contributed by atoms with Crippen LogP contribution < -0.4 is 5.56 Å². The number of hydrogen-bond donors (Lipinski definition) is 1. The second kappa shape index (κ2) is 10.9. The fraction of sp³-hybridized carbons (Fsp3) is 0.320. The molecule has 2 heterocycles. The van der Waals surface area contributed by atoms with Gasteiger partial charge in [-0.3, -0.25) is 34.7 Å². The number of carbonyl (C=O) groups excluding carboxylic acids is 1. The molecule has 1 N–H and O–H groups in total. The molecule has 3 aromatic rings. The van der Waals surface area contributed by atoms with Gasteiger partial charge in [-0.1, -0.05) is 30.3 Å². The van der Waals surface area contributed by atoms with Crippen molar-refractivity contribution in [1.29, 1.82) is 0 Å². The first-order chi connectivity index (χ1) is 16.9. The predicted octanol–water partition coefficient (Wildman–Crippen LogP) is 2.19. The van der Waals surface area contributed by atoms with Crippen molar-refractivity contribution in [3.8, 4) is 5.69 Å². The molecule has 2 aromatic carbocycles. The number of benzene rings is 2. The highest BCUT2D eigenvalue weighted by Crippen LogP contribution is 2.14. The molecule has 0 unspecified atom stereocenters. The number of aromatic nitrogens is 2. The minimum Gasteiger partial charge on any atom is -0.340 e. The van der Waals surface area contributed by atoms with Gasteiger partial charge in [0.15, 0.2) is 0 Å². The lowest BCUT2D eigenvalue weighted by molar-refractivity contribution is -0.384. The Balaban J connectivity index is 1.27. The quantitative estimate of drug-likeness (QED) is 0.304. The molecule has 0 saturated carbocycles. The molecule has 182 valence electrons. The molecule has 1 aromatic heterocycles. The molecule has 1 amide bonds. The normalized spacial score (nSPS) is 14.5. The number of non-ortho nitro benzene ring substituents is 1. The Labute approximate surface area is 202 Å². The van der Waals surface area contributed by atoms with Crippen LogP contribution in [0.25, 0.3) is 5.69 Å². The van der Waals surface area contributed by atoms with Gasteiger partial charge in [0.2, 0.25) is 5.91 Å². The lowest BCUT2D eigenvalue weighted by Crippen LogP contribution is -2.49. The van der Waals surface area contributed by atoms with Gasteiger partial charge >= 0.3 is 0 Å². The van der Waals surface area contributed by atoms with Crippen LogP contribution in [0.3, 0.4) is 0 Å². The first-order valence-electron chi connectivity index (χ1n) is 11.5. The zero-order chi connectivity index (χ0) is 24.8. The number of amides is 1. The van der Waals surface area contributed by atoms with E-state index in [1.54, 1.807) is 13.1 Å². The van der Waals surface area contributed by atoms with Crippen LogP contribution in [0.2, 0.25) is 0 Å². The van der Waals surface area contributed by atoms with Gasteiger partial charge in [0.1, 0.15) is 0 Å². The summed E-state index contributed by atoms with van der Waals surface area (Å²) in [5, 5.41) is 13.8. The van der Waals surface area contributed by atoms with Crippen molar-refractivity contribution in [2.45, 2.75) is 13.3 Å². The standard InChI is InChI=1S/C25H28N6O4/c1-19-23(25(33)30(27-19)21-7-9-22(10-8-21)31(34)35)18-26-11-12-28-13-15-29(16-14-28)24(32)17-20-5-3-2-4-6-20/h2-10,18,27H,11-17H2,1H3. The molecule has 0 spiro atoms. The molecule has 10 nitrogen and oxygen atoms in total. The number of aliphatic imine (C=N–C) groups is 1. The molecule has 10 heteroatoms. The Morgan fingerprint density at radius 1 is 1.09 bits per heavy atom. The largest absolute Gasteiger partial charge is 0.340 e. The highest BCUT2D eigenvalue weighted by Gasteiger charge is 2.20. The van der Waals surface area contributed by atoms with E-state index in [9.17, 15) is 19.7 Å². The predicted molar refractivity (Wildman–Crippen MR) is 133 cm³/mol. The number of carbonyl (C=O) groups is 1. The van der Waals surface area contributed by atoms with Crippen LogP contribution in [0.1, 0.15) is 16.8 Å². The van der Waals surface area contributed by atoms with E-state index in [0.29, 0.717) is 43.0 Å². The second-order valence-electron chi connectivity index (χ2n) is 8.48. The van der Waals surface area contributed by atoms with Crippen LogP contribution in [0.15, 0.2) is 64.4 Å². The first kappa shape index (κ1) is 24.1. The summed E-state index contributed by atoms with van der Waals surface area (Å²) >= 11 is 0. The fourth-order valence-electron chi connectivity index (χ4n) is 4.07. The van der Waals surface area contributed by atoms with Gasteiger partial charge < -0.3 is 4.90 Å². The van der Waals surface area contributed by atoms with Crippen molar-refractivity contribution in [2.24, 2.45) is 4.99 Å². The van der Waals surface area contributed by atoms with Gasteiger partial charge in [-0.05, 0) is 24.6 Å². The van der Waals surface area contributed by atoms with E-state index in [4.69, 9.17) is 0 Å². The number of H-pyrrole nitrogens is 1. The van der Waals surface area contributed by atoms with Crippen LogP contribution in [0.5, 0.6) is 0 Å². The summed E-state index contributed by atoms with van der Waals surface area (Å²) in [6.45, 7) is 6.07. The van der Waals surface area contributed by atoms with Gasteiger partial charge in [0, 0.05) is 56.8 Å². The third kappa shape index (κ3) is 5.90. The Kier molecular flexibility index (Phi) is 7.51. The smallest absolute Gasteiger partial charge is 0.280 e. The maximum Gasteiger partial charge on any atom is 0.280 e. The van der Waals surface area contributed by atoms with Crippen LogP contribution in [0.4, 0.5) is 5.69 Å². The Bertz CT molecular complexity index is 1260. The number of nitro groups is 1. The number of nitrogens with one attached hydrogen (secondary N) is 1. The van der Waals surface area contributed by atoms with E-state index in [-0.39, 0.29) is 17.2 Å². The molecule has 0 bridgehead atoms. The van der Waals surface area contributed by atoms with Crippen molar-refractivity contribution in [2.75, 3.05) is 39.3 Å². The summed E-state index contributed by atoms with van der Waals surface area (Å²) < 4.78 is 1.35. The second-order valence-corrected chi connectivity index (χ2v) is 8.48. The van der Waals surface area contributed by atoms with E-state index >= 15 is 0 Å². The number of aromatic amines is 1. The average Bonchev–Trinajstić information content (AvgIpc) is 3.16. The minimum absolute atomic E-state index is 0.0340. The Hall–Kier alpha value is -4.05. The number of piperazine rings is 1. The molecule has 0 atom stereocenters. The van der Waals surface area contributed by atoms with E-state index in [0.717, 1.165) is 25.2 Å². The SMILES string of the molecule is Cc1[nH]n(-c2ccc([N+](=O)[O-])cc2)c(=O)c1C=NCCN1CCN(C(=O)Cc2ccccc2)CC1.